The fourth-order valence-electron chi connectivity index (χ4n) is 5.48. The summed E-state index contributed by atoms with van der Waals surface area (Å²) in [6, 6.07) is 9.29. The SMILES string of the molecule is COc1cccc(F)c1-n1nccc(C(=O)Nc2ccc3c(nc(C)n3C)c2N2CCC3(CNC3)C2)c1=O. The zero-order valence-corrected chi connectivity index (χ0v) is 21.4. The highest BCUT2D eigenvalue weighted by Crippen LogP contribution is 2.42. The number of carbonyl (C=O) groups is 1. The fraction of sp³-hybridized carbons (Fsp3) is 0.333. The minimum atomic E-state index is -0.759. The number of anilines is 2. The second-order valence-corrected chi connectivity index (χ2v) is 10.0. The van der Waals surface area contributed by atoms with Crippen LogP contribution in [0.4, 0.5) is 15.8 Å². The Balaban J connectivity index is 1.41. The number of ether oxygens (including phenoxy) is 1. The number of carbonyl (C=O) groups excluding carboxylic acids is 1. The third-order valence-corrected chi connectivity index (χ3v) is 7.73. The van der Waals surface area contributed by atoms with Gasteiger partial charge in [0.05, 0.1) is 24.0 Å². The Hall–Kier alpha value is -4.25. The molecular weight excluding hydrogens is 489 g/mol. The Bertz CT molecular complexity index is 1640. The van der Waals surface area contributed by atoms with E-state index in [4.69, 9.17) is 9.72 Å². The number of hydrogen-bond acceptors (Lipinski definition) is 7. The van der Waals surface area contributed by atoms with Gasteiger partial charge in [0.15, 0.2) is 5.82 Å². The van der Waals surface area contributed by atoms with Crippen LogP contribution < -0.4 is 25.8 Å². The molecule has 2 fully saturated rings. The van der Waals surface area contributed by atoms with E-state index in [0.29, 0.717) is 5.69 Å². The third kappa shape index (κ3) is 3.73. The van der Waals surface area contributed by atoms with E-state index in [1.54, 1.807) is 0 Å². The average molecular weight is 518 g/mol. The van der Waals surface area contributed by atoms with E-state index in [-0.39, 0.29) is 22.4 Å². The van der Waals surface area contributed by atoms with Crippen LogP contribution in [0.5, 0.6) is 5.75 Å². The van der Waals surface area contributed by atoms with E-state index in [0.717, 1.165) is 59.8 Å². The molecule has 2 aromatic carbocycles. The van der Waals surface area contributed by atoms with Crippen LogP contribution in [0.2, 0.25) is 0 Å². The van der Waals surface area contributed by atoms with Crippen molar-refractivity contribution >= 4 is 28.3 Å². The lowest BCUT2D eigenvalue weighted by molar-refractivity contribution is 0.102. The first-order valence-corrected chi connectivity index (χ1v) is 12.5. The molecule has 0 unspecified atom stereocenters. The van der Waals surface area contributed by atoms with E-state index < -0.39 is 17.3 Å². The molecule has 1 spiro atoms. The first-order chi connectivity index (χ1) is 18.3. The quantitative estimate of drug-likeness (QED) is 0.419. The summed E-state index contributed by atoms with van der Waals surface area (Å²) in [4.78, 5) is 33.9. The predicted molar refractivity (Wildman–Crippen MR) is 142 cm³/mol. The van der Waals surface area contributed by atoms with Crippen molar-refractivity contribution in [3.8, 4) is 11.4 Å². The van der Waals surface area contributed by atoms with Crippen LogP contribution in [0.3, 0.4) is 0 Å². The summed E-state index contributed by atoms with van der Waals surface area (Å²) in [5, 5.41) is 10.3. The molecule has 2 aliphatic rings. The molecule has 1 amide bonds. The molecule has 4 heterocycles. The second kappa shape index (κ2) is 8.95. The first-order valence-electron chi connectivity index (χ1n) is 12.5. The topological polar surface area (TPSA) is 106 Å². The highest BCUT2D eigenvalue weighted by atomic mass is 19.1. The zero-order valence-electron chi connectivity index (χ0n) is 21.4. The molecule has 2 saturated heterocycles. The number of amides is 1. The fourth-order valence-corrected chi connectivity index (χ4v) is 5.48. The summed E-state index contributed by atoms with van der Waals surface area (Å²) in [7, 11) is 3.34. The minimum absolute atomic E-state index is 0.129. The normalized spacial score (nSPS) is 16.2. The van der Waals surface area contributed by atoms with Gasteiger partial charge in [-0.2, -0.15) is 9.78 Å². The average Bonchev–Trinajstić information content (AvgIpc) is 3.46. The van der Waals surface area contributed by atoms with Gasteiger partial charge in [0.2, 0.25) is 0 Å². The highest BCUT2D eigenvalue weighted by molar-refractivity contribution is 6.09. The van der Waals surface area contributed by atoms with E-state index in [1.165, 1.54) is 37.6 Å². The number of nitrogens with one attached hydrogen (secondary N) is 2. The molecule has 10 nitrogen and oxygen atoms in total. The van der Waals surface area contributed by atoms with Gasteiger partial charge in [0.25, 0.3) is 11.5 Å². The van der Waals surface area contributed by atoms with Crippen molar-refractivity contribution in [2.45, 2.75) is 13.3 Å². The number of aromatic nitrogens is 4. The van der Waals surface area contributed by atoms with Crippen LogP contribution in [0.25, 0.3) is 16.7 Å². The Morgan fingerprint density at radius 2 is 2.00 bits per heavy atom. The molecular formula is C27H28FN7O3. The van der Waals surface area contributed by atoms with Crippen molar-refractivity contribution in [1.29, 1.82) is 0 Å². The maximum Gasteiger partial charge on any atom is 0.284 e. The lowest BCUT2D eigenvalue weighted by Gasteiger charge is -2.39. The van der Waals surface area contributed by atoms with Crippen molar-refractivity contribution < 1.29 is 13.9 Å². The standard InChI is InChI=1S/C27H28FN7O3/c1-16-31-22-20(33(16)2)8-7-19(24(22)34-12-10-27(15-34)13-29-14-27)32-25(36)17-9-11-30-35(26(17)37)23-18(28)5-4-6-21(23)38-3/h4-9,11,29H,10,12-15H2,1-3H3,(H,32,36). The lowest BCUT2D eigenvalue weighted by Crippen LogP contribution is -2.54. The van der Waals surface area contributed by atoms with Crippen molar-refractivity contribution in [1.82, 2.24) is 24.6 Å². The summed E-state index contributed by atoms with van der Waals surface area (Å²) in [5.74, 6) is -0.319. The molecule has 196 valence electrons. The number of imidazole rings is 1. The number of benzene rings is 2. The summed E-state index contributed by atoms with van der Waals surface area (Å²) < 4.78 is 22.8. The number of hydrogen-bond donors (Lipinski definition) is 2. The Morgan fingerprint density at radius 3 is 2.71 bits per heavy atom. The van der Waals surface area contributed by atoms with Crippen LogP contribution >= 0.6 is 0 Å². The molecule has 2 aromatic heterocycles. The summed E-state index contributed by atoms with van der Waals surface area (Å²) in [5.41, 5.74) is 2.31. The number of rotatable bonds is 5. The van der Waals surface area contributed by atoms with Crippen LogP contribution in [-0.2, 0) is 7.05 Å². The largest absolute Gasteiger partial charge is 0.494 e. The minimum Gasteiger partial charge on any atom is -0.494 e. The Labute approximate surface area is 218 Å². The maximum atomic E-state index is 14.7. The summed E-state index contributed by atoms with van der Waals surface area (Å²) in [6.07, 6.45) is 2.34. The lowest BCUT2D eigenvalue weighted by atomic mass is 9.81. The van der Waals surface area contributed by atoms with Crippen molar-refractivity contribution in [2.24, 2.45) is 12.5 Å². The van der Waals surface area contributed by atoms with Gasteiger partial charge in [0.1, 0.15) is 28.3 Å². The molecule has 0 atom stereocenters. The second-order valence-electron chi connectivity index (χ2n) is 10.0. The first kappa shape index (κ1) is 24.1. The van der Waals surface area contributed by atoms with Crippen LogP contribution in [0.15, 0.2) is 47.4 Å². The number of para-hydroxylation sites is 1. The molecule has 0 bridgehead atoms. The van der Waals surface area contributed by atoms with Crippen molar-refractivity contribution in [3.05, 3.63) is 70.2 Å². The van der Waals surface area contributed by atoms with E-state index in [2.05, 4.69) is 20.6 Å². The summed E-state index contributed by atoms with van der Waals surface area (Å²) in [6.45, 7) is 5.58. The Morgan fingerprint density at radius 1 is 1.18 bits per heavy atom. The molecule has 0 aliphatic carbocycles. The summed E-state index contributed by atoms with van der Waals surface area (Å²) >= 11 is 0. The number of aryl methyl sites for hydroxylation is 2. The smallest absolute Gasteiger partial charge is 0.284 e. The highest BCUT2D eigenvalue weighted by Gasteiger charge is 2.44. The Kier molecular flexibility index (Phi) is 5.68. The van der Waals surface area contributed by atoms with Gasteiger partial charge in [-0.3, -0.25) is 9.59 Å². The van der Waals surface area contributed by atoms with Gasteiger partial charge in [-0.25, -0.2) is 9.37 Å². The predicted octanol–water partition coefficient (Wildman–Crippen LogP) is 2.63. The van der Waals surface area contributed by atoms with Crippen LogP contribution in [0, 0.1) is 18.2 Å². The molecule has 2 N–H and O–H groups in total. The van der Waals surface area contributed by atoms with Crippen LogP contribution in [-0.4, -0.2) is 58.5 Å². The van der Waals surface area contributed by atoms with Gasteiger partial charge in [-0.05, 0) is 43.7 Å². The van der Waals surface area contributed by atoms with E-state index in [9.17, 15) is 14.0 Å². The molecule has 4 aromatic rings. The van der Waals surface area contributed by atoms with E-state index >= 15 is 0 Å². The number of methoxy groups -OCH3 is 1. The zero-order chi connectivity index (χ0) is 26.6. The van der Waals surface area contributed by atoms with Gasteiger partial charge >= 0.3 is 0 Å². The van der Waals surface area contributed by atoms with Gasteiger partial charge in [-0.15, -0.1) is 0 Å². The van der Waals surface area contributed by atoms with Crippen LogP contribution in [0.1, 0.15) is 22.6 Å². The number of halogens is 1. The third-order valence-electron chi connectivity index (χ3n) is 7.73. The number of fused-ring (bicyclic) bond motifs is 1. The molecule has 6 rings (SSSR count). The van der Waals surface area contributed by atoms with Crippen molar-refractivity contribution in [3.63, 3.8) is 0 Å². The maximum absolute atomic E-state index is 14.7. The molecule has 0 radical (unpaired) electrons. The van der Waals surface area contributed by atoms with Gasteiger partial charge in [-0.1, -0.05) is 6.07 Å². The van der Waals surface area contributed by atoms with E-state index in [1.807, 2.05) is 30.7 Å². The molecule has 2 aliphatic heterocycles. The van der Waals surface area contributed by atoms with Gasteiger partial charge < -0.3 is 24.8 Å². The molecule has 0 saturated carbocycles. The number of nitrogens with zero attached hydrogens (tertiary/aromatic N) is 5. The van der Waals surface area contributed by atoms with Crippen molar-refractivity contribution in [2.75, 3.05) is 43.5 Å². The van der Waals surface area contributed by atoms with Gasteiger partial charge in [0, 0.05) is 44.8 Å². The molecule has 11 heteroatoms. The molecule has 38 heavy (non-hydrogen) atoms. The monoisotopic (exact) mass is 517 g/mol.